The van der Waals surface area contributed by atoms with Crippen molar-refractivity contribution in [2.45, 2.75) is 41.9 Å². The van der Waals surface area contributed by atoms with E-state index in [2.05, 4.69) is 4.18 Å². The smallest absolute Gasteiger partial charge is 0.394 e. The molecule has 8 atom stereocenters. The summed E-state index contributed by atoms with van der Waals surface area (Å²) in [5.74, 6) is -0.255. The van der Waals surface area contributed by atoms with E-state index in [4.69, 9.17) is 9.66 Å². The summed E-state index contributed by atoms with van der Waals surface area (Å²) in [7, 11) is -6.03. The molecule has 1 heterocycles. The van der Waals surface area contributed by atoms with Crippen LogP contribution in [0.4, 0.5) is 0 Å². The van der Waals surface area contributed by atoms with Crippen molar-refractivity contribution in [3.8, 4) is 0 Å². The lowest BCUT2D eigenvalue weighted by Crippen LogP contribution is -2.51. The Morgan fingerprint density at radius 3 is 2.17 bits per heavy atom. The third-order valence-corrected chi connectivity index (χ3v) is 6.97. The Kier molecular flexibility index (Phi) is 8.28. The van der Waals surface area contributed by atoms with Crippen LogP contribution in [0.25, 0.3) is 0 Å². The maximum absolute atomic E-state index is 10.9. The van der Waals surface area contributed by atoms with E-state index >= 15 is 0 Å². The van der Waals surface area contributed by atoms with Gasteiger partial charge < -0.3 is 35.7 Å². The molecule has 1 rings (SSSR count). The zero-order valence-corrected chi connectivity index (χ0v) is 14.1. The van der Waals surface area contributed by atoms with Gasteiger partial charge in [0, 0.05) is 10.9 Å². The van der Waals surface area contributed by atoms with E-state index < -0.39 is 76.4 Å². The molecule has 0 unspecified atom stereocenters. The number of hydrogen-bond donors (Lipinski definition) is 8. The van der Waals surface area contributed by atoms with Crippen molar-refractivity contribution in [3.63, 3.8) is 0 Å². The van der Waals surface area contributed by atoms with Gasteiger partial charge in [0.2, 0.25) is 0 Å². The van der Waals surface area contributed by atoms with Crippen molar-refractivity contribution < 1.29 is 52.9 Å². The van der Waals surface area contributed by atoms with Crippen molar-refractivity contribution in [1.29, 1.82) is 0 Å². The van der Waals surface area contributed by atoms with Crippen LogP contribution in [-0.2, 0) is 25.5 Å². The molecular weight excluding hydrogens is 372 g/mol. The lowest BCUT2D eigenvalue weighted by molar-refractivity contribution is -0.0999. The lowest BCUT2D eigenvalue weighted by Gasteiger charge is -2.28. The van der Waals surface area contributed by atoms with E-state index in [0.29, 0.717) is 0 Å². The van der Waals surface area contributed by atoms with Gasteiger partial charge in [-0.2, -0.15) is 8.42 Å². The highest BCUT2D eigenvalue weighted by molar-refractivity contribution is 7.97. The molecule has 0 aliphatic carbocycles. The molecular formula is C11H23O11S2+. The minimum Gasteiger partial charge on any atom is -0.394 e. The van der Waals surface area contributed by atoms with Crippen molar-refractivity contribution >= 4 is 21.3 Å². The molecule has 1 saturated heterocycles. The quantitative estimate of drug-likeness (QED) is 0.137. The molecule has 0 radical (unpaired) electrons. The Hall–Kier alpha value is -0.0600. The zero-order chi connectivity index (χ0) is 18.7. The summed E-state index contributed by atoms with van der Waals surface area (Å²) in [6, 6.07) is 0. The number of aliphatic hydroxyl groups is 7. The van der Waals surface area contributed by atoms with E-state index in [9.17, 15) is 39.1 Å². The second kappa shape index (κ2) is 9.05. The maximum atomic E-state index is 10.9. The molecule has 1 aliphatic heterocycles. The number of rotatable bonds is 9. The van der Waals surface area contributed by atoms with Crippen LogP contribution < -0.4 is 0 Å². The highest BCUT2D eigenvalue weighted by atomic mass is 32.3. The average molecular weight is 395 g/mol. The summed E-state index contributed by atoms with van der Waals surface area (Å²) < 4.78 is 34.7. The summed E-state index contributed by atoms with van der Waals surface area (Å²) in [5.41, 5.74) is 0. The van der Waals surface area contributed by atoms with Crippen LogP contribution in [0.5, 0.6) is 0 Å². The summed E-state index contributed by atoms with van der Waals surface area (Å²) in [5, 5.41) is 66.0. The first-order chi connectivity index (χ1) is 11.0. The fourth-order valence-electron chi connectivity index (χ4n) is 2.42. The molecule has 1 fully saturated rings. The van der Waals surface area contributed by atoms with Gasteiger partial charge in [0.1, 0.15) is 48.1 Å². The minimum atomic E-state index is -5.09. The van der Waals surface area contributed by atoms with Crippen molar-refractivity contribution in [3.05, 3.63) is 0 Å². The fraction of sp³-hybridized carbons (Fsp3) is 1.00. The Balaban J connectivity index is 2.89. The third-order valence-electron chi connectivity index (χ3n) is 3.68. The van der Waals surface area contributed by atoms with Crippen molar-refractivity contribution in [1.82, 2.24) is 0 Å². The van der Waals surface area contributed by atoms with Crippen LogP contribution in [-0.4, -0.2) is 115 Å². The molecule has 0 bridgehead atoms. The average Bonchev–Trinajstić information content (AvgIpc) is 2.76. The second-order valence-electron chi connectivity index (χ2n) is 5.45. The Bertz CT molecular complexity index is 486. The third kappa shape index (κ3) is 5.74. The first-order valence-electron chi connectivity index (χ1n) is 6.95. The monoisotopic (exact) mass is 395 g/mol. The molecule has 1 aliphatic rings. The second-order valence-corrected chi connectivity index (χ2v) is 8.84. The highest BCUT2D eigenvalue weighted by Crippen LogP contribution is 2.26. The maximum Gasteiger partial charge on any atom is 0.397 e. The molecule has 144 valence electrons. The largest absolute Gasteiger partial charge is 0.397 e. The van der Waals surface area contributed by atoms with Crippen molar-refractivity contribution in [2.75, 3.05) is 24.7 Å². The van der Waals surface area contributed by atoms with E-state index in [1.165, 1.54) is 0 Å². The van der Waals surface area contributed by atoms with Gasteiger partial charge in [-0.3, -0.25) is 4.55 Å². The van der Waals surface area contributed by atoms with Gasteiger partial charge in [0.05, 0.1) is 13.2 Å². The Morgan fingerprint density at radius 1 is 1.12 bits per heavy atom. The molecule has 0 aromatic rings. The van der Waals surface area contributed by atoms with Gasteiger partial charge in [0.25, 0.3) is 0 Å². The topological polar surface area (TPSA) is 205 Å². The van der Waals surface area contributed by atoms with Crippen LogP contribution in [0.2, 0.25) is 0 Å². The van der Waals surface area contributed by atoms with Gasteiger partial charge >= 0.3 is 10.4 Å². The zero-order valence-electron chi connectivity index (χ0n) is 12.5. The van der Waals surface area contributed by atoms with E-state index in [1.54, 1.807) is 0 Å². The molecule has 13 heteroatoms. The molecule has 11 nitrogen and oxygen atoms in total. The van der Waals surface area contributed by atoms with Gasteiger partial charge in [-0.1, -0.05) is 0 Å². The summed E-state index contributed by atoms with van der Waals surface area (Å²) >= 11 is 0. The minimum absolute atomic E-state index is 0.0285. The van der Waals surface area contributed by atoms with Gasteiger partial charge in [-0.05, 0) is 0 Å². The predicted molar refractivity (Wildman–Crippen MR) is 81.5 cm³/mol. The Morgan fingerprint density at radius 2 is 1.71 bits per heavy atom. The summed E-state index contributed by atoms with van der Waals surface area (Å²) in [6.45, 7) is -1.44. The van der Waals surface area contributed by atoms with Crippen LogP contribution >= 0.6 is 0 Å². The predicted octanol–water partition coefficient (Wildman–Crippen LogP) is -5.04. The highest BCUT2D eigenvalue weighted by Gasteiger charge is 2.51. The summed E-state index contributed by atoms with van der Waals surface area (Å²) in [6.07, 6.45) is -9.98. The molecule has 0 aromatic carbocycles. The Labute approximate surface area is 141 Å². The van der Waals surface area contributed by atoms with Crippen LogP contribution in [0.15, 0.2) is 0 Å². The standard InChI is InChI=1S/C11H22O11S2/c12-1-5(14)10(18)11(22-24(19,20)21)7(16)4-23-3-6(15)9(17)8(23)2-13/h5-18H,1-4H2/p+1/t5-,6-,7-,8-,9+,10-,11-,23-/m1/s1. The molecule has 8 N–H and O–H groups in total. The fourth-order valence-corrected chi connectivity index (χ4v) is 5.63. The first-order valence-corrected chi connectivity index (χ1v) is 9.95. The molecule has 0 spiro atoms. The van der Waals surface area contributed by atoms with E-state index in [-0.39, 0.29) is 11.5 Å². The SMILES string of the molecule is O=S(=O)(O)O[C@@H]([C@H](O)[C@H](O)CO)[C@H](O)C[S@@+]1C[C@@H](O)[C@H](O)[C@H]1CO. The summed E-state index contributed by atoms with van der Waals surface area (Å²) in [4.78, 5) is 0. The first kappa shape index (κ1) is 22.0. The van der Waals surface area contributed by atoms with E-state index in [0.717, 1.165) is 0 Å². The molecule has 0 aromatic heterocycles. The normalized spacial score (nSPS) is 33.2. The van der Waals surface area contributed by atoms with Gasteiger partial charge in [-0.25, -0.2) is 4.18 Å². The van der Waals surface area contributed by atoms with Gasteiger partial charge in [0.15, 0.2) is 5.25 Å². The van der Waals surface area contributed by atoms with Crippen LogP contribution in [0.1, 0.15) is 0 Å². The number of aliphatic hydroxyl groups excluding tert-OH is 7. The lowest BCUT2D eigenvalue weighted by atomic mass is 10.0. The molecule has 24 heavy (non-hydrogen) atoms. The van der Waals surface area contributed by atoms with Gasteiger partial charge in [-0.15, -0.1) is 0 Å². The van der Waals surface area contributed by atoms with E-state index in [1.807, 2.05) is 0 Å². The molecule has 0 amide bonds. The molecule has 0 saturated carbocycles. The van der Waals surface area contributed by atoms with Crippen molar-refractivity contribution in [2.24, 2.45) is 0 Å². The number of hydrogen-bond acceptors (Lipinski definition) is 10. The van der Waals surface area contributed by atoms with Crippen LogP contribution in [0, 0.1) is 0 Å². The van der Waals surface area contributed by atoms with Crippen LogP contribution in [0.3, 0.4) is 0 Å².